The predicted octanol–water partition coefficient (Wildman–Crippen LogP) is 3.14. The number of amidine groups is 1. The van der Waals surface area contributed by atoms with Gasteiger partial charge in [0, 0.05) is 28.8 Å². The van der Waals surface area contributed by atoms with Gasteiger partial charge in [0.2, 0.25) is 0 Å². The minimum Gasteiger partial charge on any atom is -0.507 e. The summed E-state index contributed by atoms with van der Waals surface area (Å²) < 4.78 is 0. The number of rotatable bonds is 8. The lowest BCUT2D eigenvalue weighted by Crippen LogP contribution is -2.16. The molecule has 1 heterocycles. The largest absolute Gasteiger partial charge is 0.507 e. The van der Waals surface area contributed by atoms with Crippen LogP contribution in [0.4, 0.5) is 5.69 Å². The van der Waals surface area contributed by atoms with Crippen LogP contribution in [-0.4, -0.2) is 53.1 Å². The van der Waals surface area contributed by atoms with E-state index in [-0.39, 0.29) is 33.9 Å². The predicted molar refractivity (Wildman–Crippen MR) is 131 cm³/mol. The lowest BCUT2D eigenvalue weighted by molar-refractivity contribution is -0.384. The minimum atomic E-state index is -1.55. The fourth-order valence-corrected chi connectivity index (χ4v) is 3.92. The molecule has 0 spiro atoms. The number of aliphatic carboxylic acids is 2. The second-order valence-electron chi connectivity index (χ2n) is 8.14. The highest BCUT2D eigenvalue weighted by molar-refractivity contribution is 5.98. The van der Waals surface area contributed by atoms with Crippen LogP contribution < -0.4 is 5.73 Å². The summed E-state index contributed by atoms with van der Waals surface area (Å²) in [4.78, 5) is 41.3. The fourth-order valence-electron chi connectivity index (χ4n) is 3.92. The molecule has 0 fully saturated rings. The van der Waals surface area contributed by atoms with Crippen LogP contribution in [0.25, 0.3) is 33.5 Å². The Morgan fingerprint density at radius 3 is 2.38 bits per heavy atom. The molecule has 1 aromatic heterocycles. The summed E-state index contributed by atoms with van der Waals surface area (Å²) in [6.45, 7) is 0. The Labute approximate surface area is 207 Å². The van der Waals surface area contributed by atoms with Crippen LogP contribution in [0.3, 0.4) is 0 Å². The van der Waals surface area contributed by atoms with Gasteiger partial charge in [0.15, 0.2) is 0 Å². The summed E-state index contributed by atoms with van der Waals surface area (Å²) in [6, 6.07) is 10.2. The van der Waals surface area contributed by atoms with Crippen molar-refractivity contribution in [2.24, 2.45) is 5.73 Å². The van der Waals surface area contributed by atoms with Crippen molar-refractivity contribution in [1.29, 1.82) is 5.41 Å². The smallest absolute Gasteiger partial charge is 0.311 e. The number of nitro groups is 1. The summed E-state index contributed by atoms with van der Waals surface area (Å²) in [5.74, 6) is -5.47. The molecule has 0 aliphatic heterocycles. The van der Waals surface area contributed by atoms with Gasteiger partial charge in [-0.05, 0) is 42.0 Å². The molecule has 0 saturated carbocycles. The van der Waals surface area contributed by atoms with E-state index in [1.54, 1.807) is 12.1 Å². The number of phenols is 2. The number of benzene rings is 3. The van der Waals surface area contributed by atoms with E-state index in [1.807, 2.05) is 0 Å². The Kier molecular flexibility index (Phi) is 6.20. The lowest BCUT2D eigenvalue weighted by Gasteiger charge is -2.17. The zero-order valence-corrected chi connectivity index (χ0v) is 18.8. The number of carbonyl (C=O) groups is 2. The van der Waals surface area contributed by atoms with Crippen molar-refractivity contribution in [1.82, 2.24) is 9.97 Å². The van der Waals surface area contributed by atoms with Crippen molar-refractivity contribution in [3.63, 3.8) is 0 Å². The molecule has 0 amide bonds. The van der Waals surface area contributed by atoms with Crippen LogP contribution in [0.2, 0.25) is 0 Å². The summed E-state index contributed by atoms with van der Waals surface area (Å²) in [5, 5.41) is 59.5. The van der Waals surface area contributed by atoms with E-state index in [1.165, 1.54) is 12.1 Å². The van der Waals surface area contributed by atoms with Gasteiger partial charge in [-0.2, -0.15) is 0 Å². The Morgan fingerprint density at radius 2 is 1.76 bits per heavy atom. The number of phenolic OH excluding ortho intramolecular Hbond substituents is 2. The number of hydrogen-bond donors (Lipinski definition) is 7. The number of H-pyrrole nitrogens is 1. The first-order valence-corrected chi connectivity index (χ1v) is 10.6. The van der Waals surface area contributed by atoms with E-state index in [0.29, 0.717) is 16.6 Å². The van der Waals surface area contributed by atoms with Crippen molar-refractivity contribution in [3.05, 3.63) is 69.8 Å². The monoisotopic (exact) mass is 505 g/mol. The summed E-state index contributed by atoms with van der Waals surface area (Å²) in [7, 11) is 0. The number of hydrogen-bond acceptors (Lipinski definition) is 8. The molecule has 188 valence electrons. The maximum Gasteiger partial charge on any atom is 0.311 e. The Hall–Kier alpha value is -5.46. The second-order valence-corrected chi connectivity index (χ2v) is 8.14. The first-order chi connectivity index (χ1) is 17.5. The molecule has 37 heavy (non-hydrogen) atoms. The maximum absolute atomic E-state index is 11.9. The van der Waals surface area contributed by atoms with E-state index in [2.05, 4.69) is 9.97 Å². The zero-order valence-electron chi connectivity index (χ0n) is 18.8. The number of aromatic nitrogens is 2. The molecule has 13 nitrogen and oxygen atoms in total. The van der Waals surface area contributed by atoms with Gasteiger partial charge in [0.25, 0.3) is 5.69 Å². The number of nitrogen functional groups attached to an aromatic ring is 1. The third-order valence-corrected chi connectivity index (χ3v) is 5.74. The number of nitro benzene ring substituents is 1. The summed E-state index contributed by atoms with van der Waals surface area (Å²) >= 11 is 0. The summed E-state index contributed by atoms with van der Waals surface area (Å²) in [5.41, 5.74) is 5.93. The highest BCUT2D eigenvalue weighted by atomic mass is 16.6. The summed E-state index contributed by atoms with van der Waals surface area (Å²) in [6.07, 6.45) is -0.790. The van der Waals surface area contributed by atoms with Gasteiger partial charge in [-0.25, -0.2) is 4.98 Å². The molecule has 0 bridgehead atoms. The van der Waals surface area contributed by atoms with E-state index in [4.69, 9.17) is 11.1 Å². The molecule has 0 aliphatic carbocycles. The third-order valence-electron chi connectivity index (χ3n) is 5.74. The second kappa shape index (κ2) is 9.30. The zero-order chi connectivity index (χ0) is 27.0. The normalized spacial score (nSPS) is 11.8. The van der Waals surface area contributed by atoms with Crippen molar-refractivity contribution < 1.29 is 34.9 Å². The molecule has 1 atom stereocenters. The molecule has 4 rings (SSSR count). The van der Waals surface area contributed by atoms with Crippen LogP contribution >= 0.6 is 0 Å². The molecule has 13 heteroatoms. The minimum absolute atomic E-state index is 0.0457. The van der Waals surface area contributed by atoms with Crippen molar-refractivity contribution in [2.75, 3.05) is 0 Å². The Morgan fingerprint density at radius 1 is 1.05 bits per heavy atom. The van der Waals surface area contributed by atoms with Gasteiger partial charge >= 0.3 is 11.9 Å². The molecular weight excluding hydrogens is 486 g/mol. The number of aromatic amines is 1. The fraction of sp³-hybridized carbons (Fsp3) is 0.0833. The van der Waals surface area contributed by atoms with Crippen LogP contribution in [0, 0.1) is 15.5 Å². The highest BCUT2D eigenvalue weighted by Gasteiger charge is 2.28. The SMILES string of the molecule is N=C(N)c1ccc2[nH]c(-c3cc(C(CC(=O)O)C(=O)O)cc(-c4cc([N+](=O)[O-])ccc4O)c3O)nc2c1. The maximum atomic E-state index is 11.9. The van der Waals surface area contributed by atoms with Crippen LogP contribution in [-0.2, 0) is 9.59 Å². The van der Waals surface area contributed by atoms with Crippen molar-refractivity contribution >= 4 is 34.5 Å². The number of nitrogens with two attached hydrogens (primary N) is 1. The number of aromatic hydroxyl groups is 2. The molecule has 8 N–H and O–H groups in total. The van der Waals surface area contributed by atoms with Crippen molar-refractivity contribution in [3.8, 4) is 34.0 Å². The number of imidazole rings is 1. The highest BCUT2D eigenvalue weighted by Crippen LogP contribution is 2.44. The van der Waals surface area contributed by atoms with E-state index in [0.717, 1.165) is 24.3 Å². The number of carboxylic acids is 2. The number of fused-ring (bicyclic) bond motifs is 1. The van der Waals surface area contributed by atoms with Gasteiger partial charge < -0.3 is 31.1 Å². The molecule has 0 saturated heterocycles. The van der Waals surface area contributed by atoms with Gasteiger partial charge in [0.05, 0.1) is 33.9 Å². The van der Waals surface area contributed by atoms with E-state index < -0.39 is 46.4 Å². The lowest BCUT2D eigenvalue weighted by atomic mass is 9.89. The molecule has 4 aromatic rings. The quantitative estimate of drug-likeness (QED) is 0.0798. The van der Waals surface area contributed by atoms with E-state index >= 15 is 0 Å². The molecule has 0 aliphatic rings. The van der Waals surface area contributed by atoms with Crippen LogP contribution in [0.15, 0.2) is 48.5 Å². The van der Waals surface area contributed by atoms with Gasteiger partial charge in [-0.15, -0.1) is 0 Å². The van der Waals surface area contributed by atoms with Crippen LogP contribution in [0.5, 0.6) is 11.5 Å². The molecule has 3 aromatic carbocycles. The number of carboxylic acid groups (broad SMARTS) is 2. The molecule has 0 radical (unpaired) electrons. The average Bonchev–Trinajstić information content (AvgIpc) is 3.26. The van der Waals surface area contributed by atoms with Crippen LogP contribution in [0.1, 0.15) is 23.5 Å². The van der Waals surface area contributed by atoms with Gasteiger partial charge in [0.1, 0.15) is 23.2 Å². The Bertz CT molecular complexity index is 1610. The topological polar surface area (TPSA) is 237 Å². The number of non-ortho nitro benzene ring substituents is 1. The first kappa shape index (κ1) is 24.7. The first-order valence-electron chi connectivity index (χ1n) is 10.6. The molecular formula is C24H19N5O8. The van der Waals surface area contributed by atoms with E-state index in [9.17, 15) is 40.1 Å². The van der Waals surface area contributed by atoms with Crippen molar-refractivity contribution in [2.45, 2.75) is 12.3 Å². The number of nitrogens with one attached hydrogen (secondary N) is 2. The third kappa shape index (κ3) is 4.73. The van der Waals surface area contributed by atoms with Gasteiger partial charge in [-0.3, -0.25) is 25.1 Å². The molecule has 1 unspecified atom stereocenters. The number of nitrogens with zero attached hydrogens (tertiary/aromatic N) is 2. The Balaban J connectivity index is 2.01. The average molecular weight is 505 g/mol. The van der Waals surface area contributed by atoms with Gasteiger partial charge in [-0.1, -0.05) is 0 Å². The standard InChI is InChI=1S/C24H19N5O8/c25-22(26)10-1-3-17-18(7-10)28-23(27-17)16-6-11(13(24(34)35)9-20(31)32)5-15(21(16)33)14-8-12(29(36)37)2-4-19(14)30/h1-8,13,30,33H,9H2,(H3,25,26)(H,27,28)(H,31,32)(H,34,35).